The van der Waals surface area contributed by atoms with Crippen molar-refractivity contribution in [1.82, 2.24) is 19.6 Å². The van der Waals surface area contributed by atoms with E-state index < -0.39 is 42.7 Å². The molecule has 0 saturated carbocycles. The highest BCUT2D eigenvalue weighted by Gasteiger charge is 2.56. The number of hydrogen-bond donors (Lipinski definition) is 4. The van der Waals surface area contributed by atoms with Crippen molar-refractivity contribution in [3.8, 4) is 18.1 Å². The third kappa shape index (κ3) is 6.08. The van der Waals surface area contributed by atoms with Gasteiger partial charge in [-0.25, -0.2) is 15.1 Å². The minimum Gasteiger partial charge on any atom is -0.462 e. The summed E-state index contributed by atoms with van der Waals surface area (Å²) < 4.78 is 24.6. The van der Waals surface area contributed by atoms with Gasteiger partial charge in [0.05, 0.1) is 24.7 Å². The fourth-order valence-corrected chi connectivity index (χ4v) is 6.39. The first-order chi connectivity index (χ1) is 18.5. The number of nitrogen functional groups attached to an aromatic ring is 1. The number of para-hydroxylation sites is 1. The van der Waals surface area contributed by atoms with Crippen molar-refractivity contribution in [2.24, 2.45) is 0 Å². The van der Waals surface area contributed by atoms with Gasteiger partial charge in [-0.1, -0.05) is 24.1 Å². The molecule has 4 rings (SSSR count). The zero-order chi connectivity index (χ0) is 28.4. The second-order valence-corrected chi connectivity index (χ2v) is 12.3. The lowest BCUT2D eigenvalue weighted by Crippen LogP contribution is -2.46. The summed E-state index contributed by atoms with van der Waals surface area (Å²) in [4.78, 5) is 21.0. The minimum atomic E-state index is -3.44. The number of anilines is 1. The van der Waals surface area contributed by atoms with Crippen LogP contribution in [-0.2, 0) is 30.6 Å². The molecule has 0 aliphatic carbocycles. The lowest BCUT2D eigenvalue weighted by molar-refractivity contribution is -0.149. The molecule has 3 heterocycles. The van der Waals surface area contributed by atoms with Crippen LogP contribution in [0.3, 0.4) is 0 Å². The first kappa shape index (κ1) is 28.9. The number of hydrogen-bond acceptors (Lipinski definition) is 11. The number of aromatic nitrogens is 3. The van der Waals surface area contributed by atoms with Gasteiger partial charge in [0.2, 0.25) is 0 Å². The fourth-order valence-electron chi connectivity index (χ4n) is 3.97. The molecule has 2 aromatic heterocycles. The van der Waals surface area contributed by atoms with Crippen molar-refractivity contribution in [3.05, 3.63) is 48.9 Å². The topological polar surface area (TPSA) is 163 Å². The Hall–Kier alpha value is -3.08. The number of esters is 1. The number of rotatable bonds is 10. The van der Waals surface area contributed by atoms with Crippen molar-refractivity contribution in [2.45, 2.75) is 57.0 Å². The Morgan fingerprint density at radius 3 is 2.72 bits per heavy atom. The lowest BCUT2D eigenvalue weighted by atomic mass is 9.95. The van der Waals surface area contributed by atoms with Crippen LogP contribution >= 0.6 is 6.64 Å². The molecule has 39 heavy (non-hydrogen) atoms. The largest absolute Gasteiger partial charge is 0.462 e. The van der Waals surface area contributed by atoms with Gasteiger partial charge in [-0.3, -0.25) is 9.36 Å². The van der Waals surface area contributed by atoms with Gasteiger partial charge >= 0.3 is 12.6 Å². The molecule has 0 spiro atoms. The zero-order valence-corrected chi connectivity index (χ0v) is 23.2. The molecule has 0 bridgehead atoms. The molecule has 12 nitrogen and oxygen atoms in total. The second-order valence-electron chi connectivity index (χ2n) is 9.20. The number of nitrogens with one attached hydrogen (secondary N) is 1. The van der Waals surface area contributed by atoms with Crippen molar-refractivity contribution >= 4 is 41.3 Å². The Bertz CT molecular complexity index is 1410. The Morgan fingerprint density at radius 2 is 2.05 bits per heavy atom. The quantitative estimate of drug-likeness (QED) is 0.158. The van der Waals surface area contributed by atoms with Crippen LogP contribution in [0.4, 0.5) is 5.69 Å². The van der Waals surface area contributed by atoms with E-state index in [1.54, 1.807) is 57.2 Å². The lowest BCUT2D eigenvalue weighted by Gasteiger charge is -2.28. The number of carbonyl (C=O) groups is 1. The average molecular weight is 576 g/mol. The van der Waals surface area contributed by atoms with Gasteiger partial charge in [-0.2, -0.15) is 0 Å². The molecule has 1 aliphatic rings. The monoisotopic (exact) mass is 575 g/mol. The zero-order valence-electron chi connectivity index (χ0n) is 21.5. The number of terminal acetylenes is 1. The Kier molecular flexibility index (Phi) is 8.58. The molecule has 0 radical (unpaired) electrons. The minimum absolute atomic E-state index is 0.305. The van der Waals surface area contributed by atoms with E-state index in [1.807, 2.05) is 0 Å². The van der Waals surface area contributed by atoms with E-state index >= 15 is 0 Å². The Morgan fingerprint density at radius 1 is 1.33 bits per heavy atom. The molecule has 208 valence electrons. The Labute approximate surface area is 230 Å². The number of aliphatic hydroxyl groups excluding tert-OH is 1. The van der Waals surface area contributed by atoms with Gasteiger partial charge in [-0.15, -0.1) is 6.42 Å². The maximum atomic E-state index is 12.5. The predicted octanol–water partition coefficient (Wildman–Crippen LogP) is 1.89. The molecule has 6 atom stereocenters. The molecule has 5 N–H and O–H groups in total. The van der Waals surface area contributed by atoms with Crippen molar-refractivity contribution in [1.29, 1.82) is 0 Å². The summed E-state index contributed by atoms with van der Waals surface area (Å²) in [5, 5.41) is 25.2. The van der Waals surface area contributed by atoms with Crippen LogP contribution in [0.25, 0.3) is 11.2 Å². The van der Waals surface area contributed by atoms with Crippen LogP contribution in [0.2, 0.25) is 0 Å². The maximum Gasteiger partial charge on any atom is 0.323 e. The smallest absolute Gasteiger partial charge is 0.323 e. The van der Waals surface area contributed by atoms with E-state index in [1.165, 1.54) is 17.1 Å². The summed E-state index contributed by atoms with van der Waals surface area (Å²) in [7, 11) is 0. The molecular formula is C25H30N5O7PS. The number of carbonyl (C=O) groups excluding carboxylic acids is 1. The number of nitrogens with two attached hydrogens (primary N) is 1. The number of nitrogens with zero attached hydrogens (tertiary/aromatic N) is 3. The highest BCUT2D eigenvalue weighted by molar-refractivity contribution is 8.09. The number of imidazole rings is 1. The van der Waals surface area contributed by atoms with E-state index in [0.717, 1.165) is 0 Å². The van der Waals surface area contributed by atoms with Gasteiger partial charge in [0.25, 0.3) is 0 Å². The van der Waals surface area contributed by atoms with Gasteiger partial charge in [0, 0.05) is 6.20 Å². The van der Waals surface area contributed by atoms with Gasteiger partial charge in [0.15, 0.2) is 17.5 Å². The van der Waals surface area contributed by atoms with E-state index in [9.17, 15) is 15.0 Å². The third-order valence-corrected chi connectivity index (χ3v) is 8.39. The first-order valence-corrected chi connectivity index (χ1v) is 14.7. The van der Waals surface area contributed by atoms with E-state index in [-0.39, 0.29) is 12.7 Å². The van der Waals surface area contributed by atoms with E-state index in [2.05, 4.69) is 21.0 Å². The third-order valence-electron chi connectivity index (χ3n) is 5.89. The molecule has 1 saturated heterocycles. The standard InChI is InChI=1S/C25H30N5O7PS/c1-5-25(33)21(31)19(36-24(25)30-14-28-20-18(26)11-12-27-22(20)30)13-34-38(39,37-17-9-7-6-8-10-17)29-16(4)23(32)35-15(2)3/h1,6-12,14-16,19,21,24,31,33H,13H2,2-4H3,(H2,26,27)(H,29,39)/t16-,19+,21+,24+,25+,38?/m0/s1. The summed E-state index contributed by atoms with van der Waals surface area (Å²) in [6.07, 6.45) is 4.16. The molecule has 1 aromatic carbocycles. The number of aliphatic hydroxyl groups is 2. The van der Waals surface area contributed by atoms with Crippen LogP contribution in [0.5, 0.6) is 5.75 Å². The van der Waals surface area contributed by atoms with E-state index in [0.29, 0.717) is 22.6 Å². The molecule has 3 aromatic rings. The van der Waals surface area contributed by atoms with Crippen molar-refractivity contribution in [3.63, 3.8) is 0 Å². The molecular weight excluding hydrogens is 545 g/mol. The highest BCUT2D eigenvalue weighted by atomic mass is 32.5. The van der Waals surface area contributed by atoms with Crippen molar-refractivity contribution in [2.75, 3.05) is 12.3 Å². The number of ether oxygens (including phenoxy) is 2. The van der Waals surface area contributed by atoms with Crippen LogP contribution in [0.1, 0.15) is 27.0 Å². The van der Waals surface area contributed by atoms with Crippen LogP contribution in [0, 0.1) is 12.3 Å². The molecule has 1 unspecified atom stereocenters. The number of pyridine rings is 1. The average Bonchev–Trinajstić information content (AvgIpc) is 3.43. The second kappa shape index (κ2) is 11.6. The SMILES string of the molecule is C#C[C@@]1(O)[C@H](O)[C@@H](COP(=S)(N[C@@H](C)C(=O)OC(C)C)Oc2ccccc2)O[C@H]1n1cnc2c(N)ccnc21. The number of fused-ring (bicyclic) bond motifs is 1. The summed E-state index contributed by atoms with van der Waals surface area (Å²) in [6.45, 7) is 1.25. The van der Waals surface area contributed by atoms with Gasteiger partial charge < -0.3 is 34.5 Å². The summed E-state index contributed by atoms with van der Waals surface area (Å²) >= 11 is 5.71. The molecule has 0 amide bonds. The number of benzene rings is 1. The van der Waals surface area contributed by atoms with E-state index in [4.69, 9.17) is 42.5 Å². The first-order valence-electron chi connectivity index (χ1n) is 12.1. The fraction of sp³-hybridized carbons (Fsp3) is 0.400. The van der Waals surface area contributed by atoms with Crippen LogP contribution < -0.4 is 15.3 Å². The van der Waals surface area contributed by atoms with Crippen molar-refractivity contribution < 1.29 is 33.5 Å². The molecule has 1 fully saturated rings. The Balaban J connectivity index is 1.57. The predicted molar refractivity (Wildman–Crippen MR) is 147 cm³/mol. The molecule has 1 aliphatic heterocycles. The highest BCUT2D eigenvalue weighted by Crippen LogP contribution is 2.47. The van der Waals surface area contributed by atoms with Gasteiger partial charge in [0.1, 0.15) is 29.5 Å². The summed E-state index contributed by atoms with van der Waals surface area (Å²) in [5.41, 5.74) is 4.87. The normalized spacial score (nSPS) is 25.2. The van der Waals surface area contributed by atoms with Crippen LogP contribution in [0.15, 0.2) is 48.9 Å². The molecule has 14 heteroatoms. The maximum absolute atomic E-state index is 12.5. The van der Waals surface area contributed by atoms with Crippen LogP contribution in [-0.4, -0.2) is 67.3 Å². The summed E-state index contributed by atoms with van der Waals surface area (Å²) in [5.74, 6) is 2.09. The summed E-state index contributed by atoms with van der Waals surface area (Å²) in [6, 6.07) is 9.38. The van der Waals surface area contributed by atoms with Gasteiger partial charge in [-0.05, 0) is 50.8 Å².